The number of nitrogens with zero attached hydrogens (tertiary/aromatic N) is 1. The Bertz CT molecular complexity index is 892. The van der Waals surface area contributed by atoms with Crippen LogP contribution in [0.2, 0.25) is 0 Å². The first kappa shape index (κ1) is 32.5. The zero-order valence-electron chi connectivity index (χ0n) is 25.1. The first-order chi connectivity index (χ1) is 17.0. The fourth-order valence-corrected chi connectivity index (χ4v) is 4.42. The first-order valence-electron chi connectivity index (χ1n) is 13.6. The lowest BCUT2D eigenvalue weighted by atomic mass is 9.92. The number of hydrogen-bond donors (Lipinski definition) is 2. The van der Waals surface area contributed by atoms with E-state index >= 15 is 0 Å². The van der Waals surface area contributed by atoms with Crippen molar-refractivity contribution in [1.29, 1.82) is 0 Å². The van der Waals surface area contributed by atoms with E-state index < -0.39 is 29.3 Å². The van der Waals surface area contributed by atoms with Gasteiger partial charge in [0.25, 0.3) is 0 Å². The van der Waals surface area contributed by atoms with Gasteiger partial charge in [-0.15, -0.1) is 0 Å². The van der Waals surface area contributed by atoms with Crippen LogP contribution in [0.1, 0.15) is 111 Å². The molecule has 0 saturated heterocycles. The highest BCUT2D eigenvalue weighted by Crippen LogP contribution is 2.32. The van der Waals surface area contributed by atoms with Gasteiger partial charge < -0.3 is 20.3 Å². The Morgan fingerprint density at radius 1 is 0.946 bits per heavy atom. The maximum absolute atomic E-state index is 14.3. The minimum Gasteiger partial charge on any atom is -0.444 e. The van der Waals surface area contributed by atoms with Gasteiger partial charge in [0.05, 0.1) is 0 Å². The third-order valence-corrected chi connectivity index (χ3v) is 5.80. The van der Waals surface area contributed by atoms with Crippen LogP contribution in [0.4, 0.5) is 4.79 Å². The molecule has 1 aromatic rings. The third-order valence-electron chi connectivity index (χ3n) is 5.80. The molecule has 7 heteroatoms. The topological polar surface area (TPSA) is 87.7 Å². The molecule has 1 aromatic carbocycles. The molecule has 2 atom stereocenters. The van der Waals surface area contributed by atoms with E-state index in [0.29, 0.717) is 13.0 Å². The Morgan fingerprint density at radius 3 is 1.97 bits per heavy atom. The fraction of sp³-hybridized carbons (Fsp3) is 0.700. The summed E-state index contributed by atoms with van der Waals surface area (Å²) in [5.41, 5.74) is 1.40. The van der Waals surface area contributed by atoms with E-state index in [2.05, 4.69) is 23.6 Å². The average molecular weight is 518 g/mol. The summed E-state index contributed by atoms with van der Waals surface area (Å²) in [7, 11) is 0. The summed E-state index contributed by atoms with van der Waals surface area (Å²) in [6.45, 7) is 21.8. The molecule has 0 bridgehead atoms. The van der Waals surface area contributed by atoms with Crippen LogP contribution in [0.25, 0.3) is 0 Å². The standard InChI is InChI=1S/C30H51N3O4/c1-12-13-14-15-31-26(34)25(23-18-21(4)17-22(5)19-23)33(29(6,7)8)27(35)24(16-20(2)3)32-28(36)37-30(9,10)11/h17-20,24-25H,12-16H2,1-11H3,(H,31,34)(H,32,36). The quantitative estimate of drug-likeness (QED) is 0.341. The van der Waals surface area contributed by atoms with Crippen molar-refractivity contribution < 1.29 is 19.1 Å². The normalized spacial score (nSPS) is 13.6. The number of ether oxygens (including phenoxy) is 1. The van der Waals surface area contributed by atoms with E-state index in [1.807, 2.05) is 60.6 Å². The number of nitrogens with one attached hydrogen (secondary N) is 2. The van der Waals surface area contributed by atoms with Gasteiger partial charge in [0.1, 0.15) is 17.7 Å². The van der Waals surface area contributed by atoms with Crippen LogP contribution < -0.4 is 10.6 Å². The van der Waals surface area contributed by atoms with E-state index in [1.165, 1.54) is 0 Å². The second kappa shape index (κ2) is 13.8. The molecule has 0 fully saturated rings. The van der Waals surface area contributed by atoms with E-state index in [-0.39, 0.29) is 17.7 Å². The molecule has 0 aliphatic heterocycles. The SMILES string of the molecule is CCCCCNC(=O)C(c1cc(C)cc(C)c1)N(C(=O)C(CC(C)C)NC(=O)OC(C)(C)C)C(C)(C)C. The van der Waals surface area contributed by atoms with Gasteiger partial charge in [0.15, 0.2) is 0 Å². The summed E-state index contributed by atoms with van der Waals surface area (Å²) in [5.74, 6) is -0.391. The van der Waals surface area contributed by atoms with E-state index in [1.54, 1.807) is 25.7 Å². The third kappa shape index (κ3) is 11.1. The molecule has 7 nitrogen and oxygen atoms in total. The summed E-state index contributed by atoms with van der Waals surface area (Å²) in [6, 6.07) is 4.30. The molecule has 0 spiro atoms. The second-order valence-corrected chi connectivity index (χ2v) is 12.5. The molecule has 2 N–H and O–H groups in total. The van der Waals surface area contributed by atoms with Gasteiger partial charge in [0, 0.05) is 12.1 Å². The zero-order chi connectivity index (χ0) is 28.6. The van der Waals surface area contributed by atoms with Crippen LogP contribution in [-0.4, -0.2) is 46.5 Å². The van der Waals surface area contributed by atoms with Gasteiger partial charge in [-0.3, -0.25) is 9.59 Å². The van der Waals surface area contributed by atoms with E-state index in [0.717, 1.165) is 36.0 Å². The molecular weight excluding hydrogens is 466 g/mol. The number of amides is 3. The molecule has 2 unspecified atom stereocenters. The monoisotopic (exact) mass is 517 g/mol. The van der Waals surface area contributed by atoms with Crippen LogP contribution in [0.5, 0.6) is 0 Å². The number of hydrogen-bond acceptors (Lipinski definition) is 4. The molecule has 210 valence electrons. The van der Waals surface area contributed by atoms with E-state index in [9.17, 15) is 14.4 Å². The summed E-state index contributed by atoms with van der Waals surface area (Å²) in [6.07, 6.45) is 2.72. The Labute approximate surface area is 225 Å². The summed E-state index contributed by atoms with van der Waals surface area (Å²) >= 11 is 0. The van der Waals surface area contributed by atoms with Gasteiger partial charge in [0.2, 0.25) is 11.8 Å². The highest BCUT2D eigenvalue weighted by atomic mass is 16.6. The first-order valence-corrected chi connectivity index (χ1v) is 13.6. The Morgan fingerprint density at radius 2 is 1.51 bits per heavy atom. The van der Waals surface area contributed by atoms with Crippen molar-refractivity contribution in [2.75, 3.05) is 6.54 Å². The molecule has 0 aliphatic carbocycles. The highest BCUT2D eigenvalue weighted by molar-refractivity contribution is 5.92. The van der Waals surface area contributed by atoms with Crippen molar-refractivity contribution in [3.05, 3.63) is 34.9 Å². The van der Waals surface area contributed by atoms with Gasteiger partial charge >= 0.3 is 6.09 Å². The van der Waals surface area contributed by atoms with Gasteiger partial charge in [-0.2, -0.15) is 0 Å². The van der Waals surface area contributed by atoms with Gasteiger partial charge in [-0.25, -0.2) is 4.79 Å². The second-order valence-electron chi connectivity index (χ2n) is 12.5. The summed E-state index contributed by atoms with van der Waals surface area (Å²) in [5, 5.41) is 5.87. The highest BCUT2D eigenvalue weighted by Gasteiger charge is 2.42. The molecule has 0 saturated carbocycles. The minimum atomic E-state index is -0.845. The number of aryl methyl sites for hydroxylation is 2. The van der Waals surface area contributed by atoms with Crippen LogP contribution in [0.15, 0.2) is 18.2 Å². The number of rotatable bonds is 11. The van der Waals surface area contributed by atoms with Crippen LogP contribution in [-0.2, 0) is 14.3 Å². The minimum absolute atomic E-state index is 0.133. The maximum Gasteiger partial charge on any atom is 0.408 e. The smallest absolute Gasteiger partial charge is 0.408 e. The molecule has 3 amide bonds. The molecule has 1 rings (SSSR count). The van der Waals surface area contributed by atoms with E-state index in [4.69, 9.17) is 4.74 Å². The lowest BCUT2D eigenvalue weighted by Gasteiger charge is -2.43. The summed E-state index contributed by atoms with van der Waals surface area (Å²) in [4.78, 5) is 42.4. The molecule has 0 aromatic heterocycles. The molecule has 0 radical (unpaired) electrons. The van der Waals surface area contributed by atoms with Crippen molar-refractivity contribution in [3.63, 3.8) is 0 Å². The predicted molar refractivity (Wildman–Crippen MR) is 150 cm³/mol. The van der Waals surface area contributed by atoms with Gasteiger partial charge in [-0.1, -0.05) is 62.9 Å². The molecule has 37 heavy (non-hydrogen) atoms. The largest absolute Gasteiger partial charge is 0.444 e. The van der Waals surface area contributed by atoms with Crippen LogP contribution >= 0.6 is 0 Å². The van der Waals surface area contributed by atoms with Crippen LogP contribution in [0.3, 0.4) is 0 Å². The average Bonchev–Trinajstić information content (AvgIpc) is 2.70. The van der Waals surface area contributed by atoms with Crippen molar-refractivity contribution >= 4 is 17.9 Å². The maximum atomic E-state index is 14.3. The number of carbonyl (C=O) groups excluding carboxylic acids is 3. The van der Waals surface area contributed by atoms with Crippen molar-refractivity contribution in [2.45, 2.75) is 125 Å². The predicted octanol–water partition coefficient (Wildman–Crippen LogP) is 6.22. The van der Waals surface area contributed by atoms with Crippen molar-refractivity contribution in [1.82, 2.24) is 15.5 Å². The number of benzene rings is 1. The Kier molecular flexibility index (Phi) is 12.1. The lowest BCUT2D eigenvalue weighted by molar-refractivity contribution is -0.148. The Hall–Kier alpha value is -2.57. The number of carbonyl (C=O) groups is 3. The fourth-order valence-electron chi connectivity index (χ4n) is 4.42. The zero-order valence-corrected chi connectivity index (χ0v) is 25.1. The van der Waals surface area contributed by atoms with Crippen molar-refractivity contribution in [2.24, 2.45) is 5.92 Å². The number of unbranched alkanes of at least 4 members (excludes halogenated alkanes) is 2. The van der Waals surface area contributed by atoms with Crippen LogP contribution in [0, 0.1) is 19.8 Å². The molecule has 0 heterocycles. The molecular formula is C30H51N3O4. The lowest BCUT2D eigenvalue weighted by Crippen LogP contribution is -2.59. The summed E-state index contributed by atoms with van der Waals surface area (Å²) < 4.78 is 5.47. The number of alkyl carbamates (subject to hydrolysis) is 1. The Balaban J connectivity index is 3.56. The van der Waals surface area contributed by atoms with Crippen molar-refractivity contribution in [3.8, 4) is 0 Å². The molecule has 0 aliphatic rings. The van der Waals surface area contributed by atoms with Gasteiger partial charge in [-0.05, 0) is 79.7 Å².